The Bertz CT molecular complexity index is 536. The van der Waals surface area contributed by atoms with Crippen LogP contribution in [0.15, 0.2) is 24.3 Å². The van der Waals surface area contributed by atoms with Crippen LogP contribution in [0.3, 0.4) is 0 Å². The Labute approximate surface area is 132 Å². The summed E-state index contributed by atoms with van der Waals surface area (Å²) in [5, 5.41) is 12.8. The van der Waals surface area contributed by atoms with Crippen molar-refractivity contribution < 1.29 is 27.8 Å². The molecule has 128 valence electrons. The largest absolute Gasteiger partial charge is 0.411 e. The summed E-state index contributed by atoms with van der Waals surface area (Å²) in [7, 11) is 0. The normalized spacial score (nSPS) is 17.6. The Hall–Kier alpha value is -1.60. The number of nitrogens with one attached hydrogen (secondary N) is 1. The van der Waals surface area contributed by atoms with Gasteiger partial charge in [0.05, 0.1) is 6.61 Å². The summed E-state index contributed by atoms with van der Waals surface area (Å²) in [6, 6.07) is 6.71. The minimum Gasteiger partial charge on any atom is -0.380 e. The SMILES string of the molecule is CC(O)(C(=O)NCc1ccc(COCC(F)(F)F)cc1)C1CC1. The predicted molar refractivity (Wildman–Crippen MR) is 77.3 cm³/mol. The van der Waals surface area contributed by atoms with E-state index in [-0.39, 0.29) is 19.1 Å². The number of amides is 1. The van der Waals surface area contributed by atoms with Crippen molar-refractivity contribution in [2.24, 2.45) is 5.92 Å². The summed E-state index contributed by atoms with van der Waals surface area (Å²) in [5.74, 6) is -0.381. The van der Waals surface area contributed by atoms with Gasteiger partial charge in [-0.3, -0.25) is 4.79 Å². The molecule has 0 heterocycles. The van der Waals surface area contributed by atoms with E-state index in [1.54, 1.807) is 24.3 Å². The Morgan fingerprint density at radius 1 is 1.26 bits per heavy atom. The number of aliphatic hydroxyl groups is 1. The Morgan fingerprint density at radius 2 is 1.83 bits per heavy atom. The zero-order chi connectivity index (χ0) is 17.1. The fourth-order valence-corrected chi connectivity index (χ4v) is 2.23. The van der Waals surface area contributed by atoms with Gasteiger partial charge in [-0.15, -0.1) is 0 Å². The quantitative estimate of drug-likeness (QED) is 0.807. The second kappa shape index (κ2) is 6.88. The molecule has 1 aliphatic carbocycles. The average Bonchev–Trinajstić information content (AvgIpc) is 3.29. The molecule has 7 heteroatoms. The summed E-state index contributed by atoms with van der Waals surface area (Å²) in [5.41, 5.74) is 0.0737. The van der Waals surface area contributed by atoms with Gasteiger partial charge < -0.3 is 15.2 Å². The fraction of sp³-hybridized carbons (Fsp3) is 0.562. The molecule has 1 saturated carbocycles. The number of hydrogen-bond donors (Lipinski definition) is 2. The molecule has 1 fully saturated rings. The molecule has 1 aromatic rings. The zero-order valence-electron chi connectivity index (χ0n) is 12.8. The molecule has 1 atom stereocenters. The van der Waals surface area contributed by atoms with E-state index in [9.17, 15) is 23.1 Å². The molecule has 1 amide bonds. The highest BCUT2D eigenvalue weighted by molar-refractivity contribution is 5.85. The van der Waals surface area contributed by atoms with Crippen molar-refractivity contribution in [2.45, 2.75) is 44.7 Å². The van der Waals surface area contributed by atoms with Gasteiger partial charge in [-0.05, 0) is 36.8 Å². The molecule has 0 radical (unpaired) electrons. The molecule has 4 nitrogen and oxygen atoms in total. The van der Waals surface area contributed by atoms with Crippen LogP contribution in [0.5, 0.6) is 0 Å². The van der Waals surface area contributed by atoms with Gasteiger partial charge >= 0.3 is 6.18 Å². The van der Waals surface area contributed by atoms with Crippen molar-refractivity contribution in [3.63, 3.8) is 0 Å². The highest BCUT2D eigenvalue weighted by atomic mass is 19.4. The number of carbonyl (C=O) groups excluding carboxylic acids is 1. The number of halogens is 3. The smallest absolute Gasteiger partial charge is 0.380 e. The first kappa shape index (κ1) is 17.7. The maximum Gasteiger partial charge on any atom is 0.411 e. The lowest BCUT2D eigenvalue weighted by atomic mass is 9.99. The minimum atomic E-state index is -4.33. The first-order valence-corrected chi connectivity index (χ1v) is 7.41. The predicted octanol–water partition coefficient (Wildman–Crippen LogP) is 2.54. The lowest BCUT2D eigenvalue weighted by molar-refractivity contribution is -0.176. The van der Waals surface area contributed by atoms with Gasteiger partial charge in [0.25, 0.3) is 5.91 Å². The van der Waals surface area contributed by atoms with Crippen molar-refractivity contribution in [3.8, 4) is 0 Å². The van der Waals surface area contributed by atoms with E-state index < -0.39 is 24.3 Å². The van der Waals surface area contributed by atoms with Crippen molar-refractivity contribution >= 4 is 5.91 Å². The molecule has 0 bridgehead atoms. The summed E-state index contributed by atoms with van der Waals surface area (Å²) in [6.07, 6.45) is -2.62. The van der Waals surface area contributed by atoms with E-state index in [1.165, 1.54) is 6.92 Å². The van der Waals surface area contributed by atoms with Crippen molar-refractivity contribution in [1.82, 2.24) is 5.32 Å². The molecule has 0 saturated heterocycles. The molecule has 1 aromatic carbocycles. The summed E-state index contributed by atoms with van der Waals surface area (Å²) in [6.45, 7) is 0.371. The van der Waals surface area contributed by atoms with Crippen molar-refractivity contribution in [3.05, 3.63) is 35.4 Å². The molecule has 0 spiro atoms. The lowest BCUT2D eigenvalue weighted by Gasteiger charge is -2.21. The molecule has 2 N–H and O–H groups in total. The molecule has 0 aromatic heterocycles. The second-order valence-corrected chi connectivity index (χ2v) is 6.03. The first-order valence-electron chi connectivity index (χ1n) is 7.41. The molecular weight excluding hydrogens is 311 g/mol. The zero-order valence-corrected chi connectivity index (χ0v) is 12.8. The van der Waals surface area contributed by atoms with Gasteiger partial charge in [-0.1, -0.05) is 24.3 Å². The van der Waals surface area contributed by atoms with E-state index >= 15 is 0 Å². The van der Waals surface area contributed by atoms with Crippen LogP contribution in [0.4, 0.5) is 13.2 Å². The topological polar surface area (TPSA) is 58.6 Å². The van der Waals surface area contributed by atoms with Gasteiger partial charge in [0.2, 0.25) is 0 Å². The van der Waals surface area contributed by atoms with E-state index in [0.29, 0.717) is 5.56 Å². The second-order valence-electron chi connectivity index (χ2n) is 6.03. The van der Waals surface area contributed by atoms with Crippen LogP contribution in [-0.4, -0.2) is 29.4 Å². The lowest BCUT2D eigenvalue weighted by Crippen LogP contribution is -2.45. The summed E-state index contributed by atoms with van der Waals surface area (Å²) >= 11 is 0. The van der Waals surface area contributed by atoms with Gasteiger partial charge in [0.1, 0.15) is 12.2 Å². The average molecular weight is 331 g/mol. The molecule has 2 rings (SSSR count). The number of alkyl halides is 3. The van der Waals surface area contributed by atoms with E-state index in [4.69, 9.17) is 0 Å². The Kier molecular flexibility index (Phi) is 5.31. The van der Waals surface area contributed by atoms with Crippen LogP contribution in [0, 0.1) is 5.92 Å². The van der Waals surface area contributed by atoms with Crippen LogP contribution in [-0.2, 0) is 22.7 Å². The third-order valence-electron chi connectivity index (χ3n) is 3.84. The van der Waals surface area contributed by atoms with Crippen LogP contribution >= 0.6 is 0 Å². The van der Waals surface area contributed by atoms with Crippen LogP contribution in [0.2, 0.25) is 0 Å². The minimum absolute atomic E-state index is 0.0238. The molecule has 23 heavy (non-hydrogen) atoms. The van der Waals surface area contributed by atoms with Gasteiger partial charge in [0, 0.05) is 6.54 Å². The van der Waals surface area contributed by atoms with Gasteiger partial charge in [0.15, 0.2) is 0 Å². The van der Waals surface area contributed by atoms with Crippen molar-refractivity contribution in [1.29, 1.82) is 0 Å². The summed E-state index contributed by atoms with van der Waals surface area (Å²) < 4.78 is 40.5. The molecule has 0 aliphatic heterocycles. The van der Waals surface area contributed by atoms with Gasteiger partial charge in [-0.25, -0.2) is 0 Å². The third-order valence-corrected chi connectivity index (χ3v) is 3.84. The number of carbonyl (C=O) groups is 1. The van der Waals surface area contributed by atoms with Crippen molar-refractivity contribution in [2.75, 3.05) is 6.61 Å². The third kappa shape index (κ3) is 5.51. The van der Waals surface area contributed by atoms with Crippen LogP contribution in [0.25, 0.3) is 0 Å². The Balaban J connectivity index is 1.77. The maximum absolute atomic E-state index is 12.0. The van der Waals surface area contributed by atoms with E-state index in [1.807, 2.05) is 0 Å². The van der Waals surface area contributed by atoms with E-state index in [2.05, 4.69) is 10.1 Å². The van der Waals surface area contributed by atoms with E-state index in [0.717, 1.165) is 18.4 Å². The highest BCUT2D eigenvalue weighted by Gasteiger charge is 2.45. The molecular formula is C16H20F3NO3. The van der Waals surface area contributed by atoms with Gasteiger partial charge in [-0.2, -0.15) is 13.2 Å². The monoisotopic (exact) mass is 331 g/mol. The summed E-state index contributed by atoms with van der Waals surface area (Å²) in [4.78, 5) is 11.9. The number of hydrogen-bond acceptors (Lipinski definition) is 3. The van der Waals surface area contributed by atoms with Crippen LogP contribution in [0.1, 0.15) is 30.9 Å². The number of rotatable bonds is 7. The number of ether oxygens (including phenoxy) is 1. The number of benzene rings is 1. The molecule has 1 aliphatic rings. The maximum atomic E-state index is 12.0. The highest BCUT2D eigenvalue weighted by Crippen LogP contribution is 2.39. The van der Waals surface area contributed by atoms with Crippen LogP contribution < -0.4 is 5.32 Å². The standard InChI is InChI=1S/C16H20F3NO3/c1-15(22,13-6-7-13)14(21)20-8-11-2-4-12(5-3-11)9-23-10-16(17,18)19/h2-5,13,22H,6-10H2,1H3,(H,20,21). The first-order chi connectivity index (χ1) is 10.7. The fourth-order valence-electron chi connectivity index (χ4n) is 2.23. The molecule has 1 unspecified atom stereocenters. The Morgan fingerprint density at radius 3 is 2.35 bits per heavy atom.